The van der Waals surface area contributed by atoms with Crippen molar-refractivity contribution in [3.05, 3.63) is 53.6 Å². The van der Waals surface area contributed by atoms with Crippen molar-refractivity contribution in [2.75, 3.05) is 44.5 Å². The lowest BCUT2D eigenvalue weighted by atomic mass is 10.1. The first-order valence-corrected chi connectivity index (χ1v) is 12.5. The summed E-state index contributed by atoms with van der Waals surface area (Å²) in [6.45, 7) is 6.50. The standard InChI is InChI=1S/C27H31N3O6/c1-2-3-14-34-27(33)20-5-7-21(8-6-20)30-25(31)16-22(26(30)32)29-12-10-28(11-13-29)17-19-4-9-23-24(15-19)36-18-35-23/h4-9,15,22H,2-3,10-14,16-18H2,1H3. The molecule has 0 aromatic heterocycles. The lowest BCUT2D eigenvalue weighted by Gasteiger charge is -2.37. The number of piperazine rings is 1. The van der Waals surface area contributed by atoms with E-state index < -0.39 is 12.0 Å². The van der Waals surface area contributed by atoms with Gasteiger partial charge >= 0.3 is 5.97 Å². The fraction of sp³-hybridized carbons (Fsp3) is 0.444. The number of ether oxygens (including phenoxy) is 3. The van der Waals surface area contributed by atoms with Gasteiger partial charge in [-0.3, -0.25) is 19.4 Å². The second-order valence-electron chi connectivity index (χ2n) is 9.32. The highest BCUT2D eigenvalue weighted by Crippen LogP contribution is 2.33. The highest BCUT2D eigenvalue weighted by Gasteiger charge is 2.43. The minimum absolute atomic E-state index is 0.168. The van der Waals surface area contributed by atoms with Gasteiger partial charge in [-0.2, -0.15) is 0 Å². The highest BCUT2D eigenvalue weighted by molar-refractivity contribution is 6.22. The predicted molar refractivity (Wildman–Crippen MR) is 132 cm³/mol. The molecule has 2 aromatic rings. The monoisotopic (exact) mass is 493 g/mol. The van der Waals surface area contributed by atoms with Crippen LogP contribution in [0.15, 0.2) is 42.5 Å². The maximum Gasteiger partial charge on any atom is 0.338 e. The fourth-order valence-electron chi connectivity index (χ4n) is 4.84. The van der Waals surface area contributed by atoms with Crippen LogP contribution >= 0.6 is 0 Å². The number of hydrogen-bond acceptors (Lipinski definition) is 8. The van der Waals surface area contributed by atoms with E-state index in [2.05, 4.69) is 9.80 Å². The molecule has 0 radical (unpaired) electrons. The summed E-state index contributed by atoms with van der Waals surface area (Å²) in [4.78, 5) is 43.8. The Morgan fingerprint density at radius 2 is 1.75 bits per heavy atom. The first kappa shape index (κ1) is 24.3. The molecule has 3 aliphatic rings. The molecule has 2 saturated heterocycles. The molecular weight excluding hydrogens is 462 g/mol. The van der Waals surface area contributed by atoms with Gasteiger partial charge in [-0.05, 0) is 48.4 Å². The zero-order chi connectivity index (χ0) is 25.1. The number of rotatable bonds is 8. The molecule has 3 aliphatic heterocycles. The number of nitrogens with zero attached hydrogens (tertiary/aromatic N) is 3. The molecule has 9 nitrogen and oxygen atoms in total. The minimum Gasteiger partial charge on any atom is -0.462 e. The first-order chi connectivity index (χ1) is 17.5. The normalized spacial score (nSPS) is 20.2. The zero-order valence-corrected chi connectivity index (χ0v) is 20.5. The topological polar surface area (TPSA) is 88.6 Å². The van der Waals surface area contributed by atoms with Gasteiger partial charge in [-0.15, -0.1) is 0 Å². The predicted octanol–water partition coefficient (Wildman–Crippen LogP) is 2.82. The molecule has 2 amide bonds. The smallest absolute Gasteiger partial charge is 0.338 e. The van der Waals surface area contributed by atoms with E-state index in [4.69, 9.17) is 14.2 Å². The third-order valence-electron chi connectivity index (χ3n) is 6.91. The molecule has 0 aliphatic carbocycles. The molecule has 3 heterocycles. The number of amides is 2. The molecule has 2 aromatic carbocycles. The lowest BCUT2D eigenvalue weighted by molar-refractivity contribution is -0.123. The number of fused-ring (bicyclic) bond motifs is 1. The summed E-state index contributed by atoms with van der Waals surface area (Å²) in [6, 6.07) is 12.0. The second-order valence-corrected chi connectivity index (χ2v) is 9.32. The number of carbonyl (C=O) groups is 3. The van der Waals surface area contributed by atoms with E-state index in [0.717, 1.165) is 49.5 Å². The Morgan fingerprint density at radius 3 is 2.50 bits per heavy atom. The Hall–Kier alpha value is -3.43. The van der Waals surface area contributed by atoms with Crippen LogP contribution in [0.5, 0.6) is 11.5 Å². The van der Waals surface area contributed by atoms with Crippen molar-refractivity contribution in [3.8, 4) is 11.5 Å². The summed E-state index contributed by atoms with van der Waals surface area (Å²) < 4.78 is 16.1. The first-order valence-electron chi connectivity index (χ1n) is 12.5. The molecular formula is C27H31N3O6. The van der Waals surface area contributed by atoms with Crippen LogP contribution in [0.3, 0.4) is 0 Å². The van der Waals surface area contributed by atoms with Crippen molar-refractivity contribution in [1.29, 1.82) is 0 Å². The van der Waals surface area contributed by atoms with E-state index >= 15 is 0 Å². The Kier molecular flexibility index (Phi) is 7.20. The third kappa shape index (κ3) is 5.08. The highest BCUT2D eigenvalue weighted by atomic mass is 16.7. The molecule has 190 valence electrons. The van der Waals surface area contributed by atoms with Crippen LogP contribution in [0.1, 0.15) is 42.1 Å². The summed E-state index contributed by atoms with van der Waals surface area (Å²) in [5.41, 5.74) is 2.05. The Morgan fingerprint density at radius 1 is 1.00 bits per heavy atom. The van der Waals surface area contributed by atoms with Crippen LogP contribution in [-0.2, 0) is 20.9 Å². The summed E-state index contributed by atoms with van der Waals surface area (Å²) in [7, 11) is 0. The van der Waals surface area contributed by atoms with Gasteiger partial charge in [0, 0.05) is 32.7 Å². The van der Waals surface area contributed by atoms with Gasteiger partial charge in [0.1, 0.15) is 0 Å². The Labute approximate surface area is 210 Å². The molecule has 0 N–H and O–H groups in total. The van der Waals surface area contributed by atoms with Gasteiger partial charge in [-0.25, -0.2) is 9.69 Å². The number of esters is 1. The van der Waals surface area contributed by atoms with Crippen molar-refractivity contribution in [2.45, 2.75) is 38.8 Å². The summed E-state index contributed by atoms with van der Waals surface area (Å²) in [6.07, 6.45) is 1.93. The maximum atomic E-state index is 13.2. The van der Waals surface area contributed by atoms with E-state index in [1.54, 1.807) is 24.3 Å². The SMILES string of the molecule is CCCCOC(=O)c1ccc(N2C(=O)CC(N3CCN(Cc4ccc5c(c4)OCO5)CC3)C2=O)cc1. The number of hydrogen-bond donors (Lipinski definition) is 0. The van der Waals surface area contributed by atoms with Gasteiger partial charge in [-0.1, -0.05) is 19.4 Å². The average molecular weight is 494 g/mol. The summed E-state index contributed by atoms with van der Waals surface area (Å²) in [5, 5.41) is 0. The van der Waals surface area contributed by atoms with Crippen molar-refractivity contribution >= 4 is 23.5 Å². The van der Waals surface area contributed by atoms with Crippen LogP contribution in [0.25, 0.3) is 0 Å². The lowest BCUT2D eigenvalue weighted by Crippen LogP contribution is -2.52. The fourth-order valence-corrected chi connectivity index (χ4v) is 4.84. The molecule has 36 heavy (non-hydrogen) atoms. The van der Waals surface area contributed by atoms with Gasteiger partial charge in [0.05, 0.1) is 30.3 Å². The third-order valence-corrected chi connectivity index (χ3v) is 6.91. The molecule has 0 spiro atoms. The molecule has 1 unspecified atom stereocenters. The largest absolute Gasteiger partial charge is 0.462 e. The molecule has 9 heteroatoms. The Bertz CT molecular complexity index is 1130. The van der Waals surface area contributed by atoms with E-state index in [1.165, 1.54) is 4.90 Å². The molecule has 2 fully saturated rings. The van der Waals surface area contributed by atoms with Crippen LogP contribution < -0.4 is 14.4 Å². The molecule has 0 saturated carbocycles. The van der Waals surface area contributed by atoms with E-state index in [0.29, 0.717) is 30.9 Å². The van der Waals surface area contributed by atoms with Gasteiger partial charge < -0.3 is 14.2 Å². The molecule has 1 atom stereocenters. The Balaban J connectivity index is 1.16. The van der Waals surface area contributed by atoms with Crippen molar-refractivity contribution in [2.24, 2.45) is 0 Å². The van der Waals surface area contributed by atoms with Crippen molar-refractivity contribution < 1.29 is 28.6 Å². The van der Waals surface area contributed by atoms with Gasteiger partial charge in [0.2, 0.25) is 12.7 Å². The second kappa shape index (κ2) is 10.7. The molecule has 5 rings (SSSR count). The van der Waals surface area contributed by atoms with E-state index in [-0.39, 0.29) is 25.0 Å². The van der Waals surface area contributed by atoms with Gasteiger partial charge in [0.25, 0.3) is 5.91 Å². The average Bonchev–Trinajstić information content (AvgIpc) is 3.48. The van der Waals surface area contributed by atoms with Crippen LogP contribution in [0.2, 0.25) is 0 Å². The van der Waals surface area contributed by atoms with Crippen LogP contribution in [-0.4, -0.2) is 73.2 Å². The molecule has 0 bridgehead atoms. The minimum atomic E-state index is -0.455. The van der Waals surface area contributed by atoms with E-state index in [9.17, 15) is 14.4 Å². The maximum absolute atomic E-state index is 13.2. The van der Waals surface area contributed by atoms with Crippen molar-refractivity contribution in [1.82, 2.24) is 9.80 Å². The summed E-state index contributed by atoms with van der Waals surface area (Å²) >= 11 is 0. The number of anilines is 1. The number of imide groups is 1. The van der Waals surface area contributed by atoms with Crippen LogP contribution in [0, 0.1) is 0 Å². The van der Waals surface area contributed by atoms with Gasteiger partial charge in [0.15, 0.2) is 11.5 Å². The summed E-state index contributed by atoms with van der Waals surface area (Å²) in [5.74, 6) is 0.737. The van der Waals surface area contributed by atoms with Crippen LogP contribution in [0.4, 0.5) is 5.69 Å². The number of benzene rings is 2. The van der Waals surface area contributed by atoms with E-state index in [1.807, 2.05) is 25.1 Å². The van der Waals surface area contributed by atoms with Crippen molar-refractivity contribution in [3.63, 3.8) is 0 Å². The number of unbranched alkanes of at least 4 members (excludes halogenated alkanes) is 1. The zero-order valence-electron chi connectivity index (χ0n) is 20.5. The number of carbonyl (C=O) groups excluding carboxylic acids is 3. The quantitative estimate of drug-likeness (QED) is 0.315.